The minimum Gasteiger partial charge on any atom is -0.494 e. The molecule has 7 heteroatoms. The zero-order chi connectivity index (χ0) is 24.3. The third-order valence-electron chi connectivity index (χ3n) is 4.65. The van der Waals surface area contributed by atoms with Crippen LogP contribution in [0.1, 0.15) is 25.0 Å². The van der Waals surface area contributed by atoms with Crippen molar-refractivity contribution in [2.75, 3.05) is 18.5 Å². The number of nitrogens with zero attached hydrogens (tertiary/aromatic N) is 1. The van der Waals surface area contributed by atoms with Gasteiger partial charge in [0.15, 0.2) is 11.5 Å². The van der Waals surface area contributed by atoms with Gasteiger partial charge in [-0.1, -0.05) is 29.8 Å². The topological polar surface area (TPSA) is 80.6 Å². The van der Waals surface area contributed by atoms with E-state index in [0.29, 0.717) is 53.3 Å². The Bertz CT molecular complexity index is 1200. The molecule has 174 valence electrons. The van der Waals surface area contributed by atoms with Crippen LogP contribution in [0.15, 0.2) is 72.3 Å². The summed E-state index contributed by atoms with van der Waals surface area (Å²) in [5.41, 5.74) is 2.09. The molecule has 0 aliphatic heterocycles. The van der Waals surface area contributed by atoms with E-state index in [2.05, 4.69) is 5.32 Å². The van der Waals surface area contributed by atoms with Crippen LogP contribution in [0.2, 0.25) is 5.02 Å². The summed E-state index contributed by atoms with van der Waals surface area (Å²) in [6, 6.07) is 21.6. The van der Waals surface area contributed by atoms with Crippen LogP contribution < -0.4 is 19.5 Å². The van der Waals surface area contributed by atoms with Gasteiger partial charge in [-0.3, -0.25) is 4.79 Å². The van der Waals surface area contributed by atoms with E-state index in [1.165, 1.54) is 6.08 Å². The largest absolute Gasteiger partial charge is 0.494 e. The van der Waals surface area contributed by atoms with Gasteiger partial charge in [0.05, 0.1) is 13.2 Å². The Morgan fingerprint density at radius 1 is 0.971 bits per heavy atom. The number of anilines is 1. The molecule has 0 heterocycles. The Morgan fingerprint density at radius 3 is 2.41 bits per heavy atom. The van der Waals surface area contributed by atoms with Crippen LogP contribution in [0.4, 0.5) is 5.69 Å². The van der Waals surface area contributed by atoms with Crippen molar-refractivity contribution in [3.8, 4) is 23.3 Å². The number of carbonyl (C=O) groups excluding carboxylic acids is 1. The van der Waals surface area contributed by atoms with E-state index in [1.807, 2.05) is 38.1 Å². The first-order chi connectivity index (χ1) is 16.5. The number of ether oxygens (including phenoxy) is 3. The number of carbonyl (C=O) groups is 1. The van der Waals surface area contributed by atoms with E-state index in [9.17, 15) is 10.1 Å². The molecular weight excluding hydrogens is 452 g/mol. The van der Waals surface area contributed by atoms with Crippen LogP contribution in [0.5, 0.6) is 17.2 Å². The molecule has 1 amide bonds. The quantitative estimate of drug-likeness (QED) is 0.276. The number of nitrogens with one attached hydrogen (secondary N) is 1. The molecule has 1 N–H and O–H groups in total. The zero-order valence-corrected chi connectivity index (χ0v) is 19.8. The maximum absolute atomic E-state index is 12.6. The molecule has 0 atom stereocenters. The molecule has 0 aliphatic carbocycles. The first-order valence-electron chi connectivity index (χ1n) is 10.8. The van der Waals surface area contributed by atoms with Crippen LogP contribution in [0, 0.1) is 11.3 Å². The number of hydrogen-bond acceptors (Lipinski definition) is 5. The van der Waals surface area contributed by atoms with Gasteiger partial charge in [-0.25, -0.2) is 0 Å². The lowest BCUT2D eigenvalue weighted by Gasteiger charge is -2.13. The Morgan fingerprint density at radius 2 is 1.74 bits per heavy atom. The Balaban J connectivity index is 1.74. The summed E-state index contributed by atoms with van der Waals surface area (Å²) in [7, 11) is 0. The van der Waals surface area contributed by atoms with Crippen LogP contribution in [-0.4, -0.2) is 19.1 Å². The van der Waals surface area contributed by atoms with Crippen LogP contribution in [0.3, 0.4) is 0 Å². The molecule has 0 fully saturated rings. The van der Waals surface area contributed by atoms with Gasteiger partial charge in [-0.15, -0.1) is 0 Å². The van der Waals surface area contributed by atoms with Crippen LogP contribution in [-0.2, 0) is 11.4 Å². The zero-order valence-electron chi connectivity index (χ0n) is 19.0. The summed E-state index contributed by atoms with van der Waals surface area (Å²) in [4.78, 5) is 12.6. The highest BCUT2D eigenvalue weighted by molar-refractivity contribution is 6.30. The van der Waals surface area contributed by atoms with E-state index in [0.717, 1.165) is 5.56 Å². The van der Waals surface area contributed by atoms with Gasteiger partial charge in [0, 0.05) is 10.7 Å². The van der Waals surface area contributed by atoms with Gasteiger partial charge in [0.25, 0.3) is 5.91 Å². The lowest BCUT2D eigenvalue weighted by Crippen LogP contribution is -2.13. The van der Waals surface area contributed by atoms with Crippen molar-refractivity contribution in [1.29, 1.82) is 5.26 Å². The normalized spacial score (nSPS) is 10.8. The molecule has 0 radical (unpaired) electrons. The van der Waals surface area contributed by atoms with Gasteiger partial charge in [-0.05, 0) is 79.6 Å². The van der Waals surface area contributed by atoms with Crippen LogP contribution >= 0.6 is 11.6 Å². The number of amides is 1. The maximum Gasteiger partial charge on any atom is 0.266 e. The van der Waals surface area contributed by atoms with Crippen molar-refractivity contribution in [3.05, 3.63) is 88.5 Å². The van der Waals surface area contributed by atoms with E-state index < -0.39 is 5.91 Å². The summed E-state index contributed by atoms with van der Waals surface area (Å²) < 4.78 is 17.0. The molecule has 6 nitrogen and oxygen atoms in total. The van der Waals surface area contributed by atoms with E-state index in [-0.39, 0.29) is 5.57 Å². The lowest BCUT2D eigenvalue weighted by molar-refractivity contribution is -0.112. The molecule has 0 spiro atoms. The van der Waals surface area contributed by atoms with Gasteiger partial charge in [0.1, 0.15) is 24.0 Å². The number of halogens is 1. The molecule has 0 saturated heterocycles. The second kappa shape index (κ2) is 12.3. The molecule has 34 heavy (non-hydrogen) atoms. The van der Waals surface area contributed by atoms with Crippen molar-refractivity contribution >= 4 is 29.3 Å². The molecule has 3 aromatic carbocycles. The molecule has 0 aliphatic rings. The number of rotatable bonds is 10. The van der Waals surface area contributed by atoms with Crippen molar-refractivity contribution in [2.24, 2.45) is 0 Å². The Hall–Kier alpha value is -3.95. The van der Waals surface area contributed by atoms with Gasteiger partial charge >= 0.3 is 0 Å². The summed E-state index contributed by atoms with van der Waals surface area (Å²) in [5, 5.41) is 12.9. The minimum atomic E-state index is -0.508. The average Bonchev–Trinajstić information content (AvgIpc) is 2.83. The smallest absolute Gasteiger partial charge is 0.266 e. The summed E-state index contributed by atoms with van der Waals surface area (Å²) >= 11 is 6.04. The molecule has 3 aromatic rings. The Kier molecular flexibility index (Phi) is 8.96. The van der Waals surface area contributed by atoms with Gasteiger partial charge in [-0.2, -0.15) is 5.26 Å². The third kappa shape index (κ3) is 7.03. The minimum absolute atomic E-state index is 0.0380. The molecule has 0 unspecified atom stereocenters. The monoisotopic (exact) mass is 476 g/mol. The fourth-order valence-corrected chi connectivity index (χ4v) is 3.32. The highest BCUT2D eigenvalue weighted by Crippen LogP contribution is 2.30. The third-order valence-corrected chi connectivity index (χ3v) is 4.89. The predicted octanol–water partition coefficient (Wildman–Crippen LogP) is 6.26. The molecule has 0 bridgehead atoms. The van der Waals surface area contributed by atoms with E-state index >= 15 is 0 Å². The second-order valence-corrected chi connectivity index (χ2v) is 7.58. The molecule has 0 aromatic heterocycles. The highest BCUT2D eigenvalue weighted by atomic mass is 35.5. The lowest BCUT2D eigenvalue weighted by atomic mass is 10.1. The first kappa shape index (κ1) is 24.7. The second-order valence-electron chi connectivity index (χ2n) is 7.14. The van der Waals surface area contributed by atoms with Crippen LogP contribution in [0.25, 0.3) is 6.08 Å². The van der Waals surface area contributed by atoms with E-state index in [4.69, 9.17) is 25.8 Å². The molecule has 3 rings (SSSR count). The van der Waals surface area contributed by atoms with E-state index in [1.54, 1.807) is 48.5 Å². The number of hydrogen-bond donors (Lipinski definition) is 1. The highest BCUT2D eigenvalue weighted by Gasteiger charge is 2.12. The predicted molar refractivity (Wildman–Crippen MR) is 133 cm³/mol. The Labute approximate surface area is 204 Å². The standard InChI is InChI=1S/C27H25ClN2O4/c1-3-32-24-11-9-23(10-12-24)30-27(31)21(17-29)14-19-8-13-25(26(16-19)33-4-2)34-18-20-6-5-7-22(28)15-20/h5-16H,3-4,18H2,1-2H3,(H,30,31)/b21-14+. The van der Waals surface area contributed by atoms with Crippen molar-refractivity contribution in [2.45, 2.75) is 20.5 Å². The molecular formula is C27H25ClN2O4. The SMILES string of the molecule is CCOc1ccc(NC(=O)/C(C#N)=C/c2ccc(OCc3cccc(Cl)c3)c(OCC)c2)cc1. The van der Waals surface area contributed by atoms with Crippen molar-refractivity contribution < 1.29 is 19.0 Å². The maximum atomic E-state index is 12.6. The van der Waals surface area contributed by atoms with Gasteiger partial charge in [0.2, 0.25) is 0 Å². The fourth-order valence-electron chi connectivity index (χ4n) is 3.10. The summed E-state index contributed by atoms with van der Waals surface area (Å²) in [5.74, 6) is 1.27. The number of benzene rings is 3. The first-order valence-corrected chi connectivity index (χ1v) is 11.2. The van der Waals surface area contributed by atoms with Crippen molar-refractivity contribution in [3.63, 3.8) is 0 Å². The fraction of sp³-hybridized carbons (Fsp3) is 0.185. The molecule has 0 saturated carbocycles. The number of nitriles is 1. The summed E-state index contributed by atoms with van der Waals surface area (Å²) in [6.45, 7) is 5.08. The summed E-state index contributed by atoms with van der Waals surface area (Å²) in [6.07, 6.45) is 1.51. The average molecular weight is 477 g/mol. The van der Waals surface area contributed by atoms with Gasteiger partial charge < -0.3 is 19.5 Å². The van der Waals surface area contributed by atoms with Crippen molar-refractivity contribution in [1.82, 2.24) is 0 Å².